The van der Waals surface area contributed by atoms with E-state index in [2.05, 4.69) is 10.6 Å². The van der Waals surface area contributed by atoms with Crippen LogP contribution in [0.25, 0.3) is 0 Å². The van der Waals surface area contributed by atoms with Crippen LogP contribution in [-0.2, 0) is 33.1 Å². The molecular weight excluding hydrogens is 382 g/mol. The number of nitrogens with two attached hydrogens (primary N) is 1. The van der Waals surface area contributed by atoms with Gasteiger partial charge in [0.15, 0.2) is 11.5 Å². The van der Waals surface area contributed by atoms with Crippen LogP contribution in [0.2, 0.25) is 0 Å². The van der Waals surface area contributed by atoms with Crippen molar-refractivity contribution >= 4 is 17.4 Å². The average Bonchev–Trinajstić information content (AvgIpc) is 2.74. The Balaban J connectivity index is 2.00. The first kappa shape index (κ1) is 21.9. The van der Waals surface area contributed by atoms with Gasteiger partial charge in [0.1, 0.15) is 17.3 Å². The monoisotopic (exact) mass is 409 g/mol. The van der Waals surface area contributed by atoms with Gasteiger partial charge in [-0.25, -0.2) is 4.79 Å². The van der Waals surface area contributed by atoms with Gasteiger partial charge in [-0.2, -0.15) is 0 Å². The summed E-state index contributed by atoms with van der Waals surface area (Å²) in [7, 11) is 7.34. The van der Waals surface area contributed by atoms with Crippen molar-refractivity contribution in [1.29, 1.82) is 0 Å². The lowest BCUT2D eigenvalue weighted by atomic mass is 9.96. The summed E-state index contributed by atoms with van der Waals surface area (Å²) in [6.07, 6.45) is 2.00. The van der Waals surface area contributed by atoms with Crippen molar-refractivity contribution in [3.05, 3.63) is 44.2 Å². The van der Waals surface area contributed by atoms with Crippen molar-refractivity contribution in [2.75, 3.05) is 45.5 Å². The van der Waals surface area contributed by atoms with E-state index in [0.717, 1.165) is 4.57 Å². The summed E-state index contributed by atoms with van der Waals surface area (Å²) in [6.45, 7) is 0.480. The van der Waals surface area contributed by atoms with Crippen LogP contribution in [0.1, 0.15) is 6.42 Å². The topological polar surface area (TPSA) is 139 Å². The number of nitrogens with zero attached hydrogens (tertiary/aromatic N) is 2. The van der Waals surface area contributed by atoms with Gasteiger partial charge in [-0.05, 0) is 6.08 Å². The minimum absolute atomic E-state index is 0.0337. The smallest absolute Gasteiger partial charge is 0.332 e. The number of nitrogens with one attached hydrogen (secondary N) is 2. The van der Waals surface area contributed by atoms with Gasteiger partial charge in [0.25, 0.3) is 5.56 Å². The summed E-state index contributed by atoms with van der Waals surface area (Å²) in [5.74, 6) is 0.719. The molecule has 0 saturated carbocycles. The van der Waals surface area contributed by atoms with Gasteiger partial charge in [-0.15, -0.1) is 0 Å². The molecule has 1 atom stereocenters. The first-order valence-corrected chi connectivity index (χ1v) is 8.91. The standard InChI is InChI=1S/C18H27N5O6/c1-22-15(19)13(17(25)23(2)18(22)26)20-6-7-21-16(24)10-8-11(27-3)14(29-5)12(9-10)28-4/h8,10,20H,6-7,9,19H2,1-5H3,(H,21,24). The molecule has 1 amide bonds. The van der Waals surface area contributed by atoms with Gasteiger partial charge in [0.05, 0.1) is 27.2 Å². The van der Waals surface area contributed by atoms with E-state index in [-0.39, 0.29) is 30.5 Å². The van der Waals surface area contributed by atoms with Gasteiger partial charge in [-0.3, -0.25) is 18.7 Å². The number of carbonyl (C=O) groups excluding carboxylic acids is 1. The Hall–Kier alpha value is -3.37. The van der Waals surface area contributed by atoms with E-state index in [0.29, 0.717) is 23.7 Å². The predicted molar refractivity (Wildman–Crippen MR) is 107 cm³/mol. The van der Waals surface area contributed by atoms with Crippen molar-refractivity contribution in [2.45, 2.75) is 6.42 Å². The number of anilines is 2. The number of hydrogen-bond acceptors (Lipinski definition) is 8. The minimum atomic E-state index is -0.529. The number of hydrogen-bond donors (Lipinski definition) is 3. The van der Waals surface area contributed by atoms with Crippen molar-refractivity contribution < 1.29 is 19.0 Å². The largest absolute Gasteiger partial charge is 0.497 e. The van der Waals surface area contributed by atoms with Crippen LogP contribution >= 0.6 is 0 Å². The molecule has 0 bridgehead atoms. The fourth-order valence-electron chi connectivity index (χ4n) is 3.00. The quantitative estimate of drug-likeness (QED) is 0.477. The molecule has 160 valence electrons. The number of aromatic nitrogens is 2. The summed E-state index contributed by atoms with van der Waals surface area (Å²) in [5, 5.41) is 5.66. The van der Waals surface area contributed by atoms with Crippen molar-refractivity contribution in [3.63, 3.8) is 0 Å². The molecule has 1 aliphatic carbocycles. The fraction of sp³-hybridized carbons (Fsp3) is 0.500. The van der Waals surface area contributed by atoms with Gasteiger partial charge < -0.3 is 30.6 Å². The molecule has 1 aliphatic rings. The predicted octanol–water partition coefficient (Wildman–Crippen LogP) is -0.751. The van der Waals surface area contributed by atoms with E-state index >= 15 is 0 Å². The third-order valence-electron chi connectivity index (χ3n) is 4.68. The van der Waals surface area contributed by atoms with Crippen LogP contribution in [0.3, 0.4) is 0 Å². The Morgan fingerprint density at radius 1 is 1.14 bits per heavy atom. The molecule has 1 aromatic heterocycles. The summed E-state index contributed by atoms with van der Waals surface area (Å²) >= 11 is 0. The molecule has 1 aromatic rings. The molecule has 0 aliphatic heterocycles. The molecule has 29 heavy (non-hydrogen) atoms. The molecule has 4 N–H and O–H groups in total. The van der Waals surface area contributed by atoms with Crippen LogP contribution < -0.4 is 27.6 Å². The third-order valence-corrected chi connectivity index (χ3v) is 4.68. The highest BCUT2D eigenvalue weighted by molar-refractivity contribution is 5.81. The number of methoxy groups -OCH3 is 3. The molecule has 11 nitrogen and oxygen atoms in total. The first-order valence-electron chi connectivity index (χ1n) is 8.91. The summed E-state index contributed by atoms with van der Waals surface area (Å²) < 4.78 is 18.0. The van der Waals surface area contributed by atoms with Gasteiger partial charge >= 0.3 is 5.69 Å². The van der Waals surface area contributed by atoms with Crippen molar-refractivity contribution in [2.24, 2.45) is 20.0 Å². The minimum Gasteiger partial charge on any atom is -0.497 e. The zero-order valence-electron chi connectivity index (χ0n) is 17.2. The molecular formula is C18H27N5O6. The van der Waals surface area contributed by atoms with Crippen LogP contribution in [-0.4, -0.2) is 49.5 Å². The maximum atomic E-state index is 12.5. The number of allylic oxidation sites excluding steroid dienone is 1. The Labute approximate surface area is 167 Å². The number of amides is 1. The van der Waals surface area contributed by atoms with E-state index in [4.69, 9.17) is 19.9 Å². The average molecular weight is 409 g/mol. The molecule has 0 fully saturated rings. The summed E-state index contributed by atoms with van der Waals surface area (Å²) in [6, 6.07) is 0. The molecule has 2 rings (SSSR count). The molecule has 1 heterocycles. The third kappa shape index (κ3) is 4.39. The van der Waals surface area contributed by atoms with Crippen LogP contribution in [0.15, 0.2) is 32.9 Å². The van der Waals surface area contributed by atoms with Crippen LogP contribution in [0.5, 0.6) is 0 Å². The van der Waals surface area contributed by atoms with Crippen LogP contribution in [0, 0.1) is 5.92 Å². The van der Waals surface area contributed by atoms with Gasteiger partial charge in [-0.1, -0.05) is 0 Å². The van der Waals surface area contributed by atoms with Crippen LogP contribution in [0.4, 0.5) is 11.5 Å². The molecule has 0 spiro atoms. The lowest BCUT2D eigenvalue weighted by molar-refractivity contribution is -0.123. The molecule has 0 radical (unpaired) electrons. The summed E-state index contributed by atoms with van der Waals surface area (Å²) in [4.78, 5) is 36.5. The number of carbonyl (C=O) groups is 1. The molecule has 0 aromatic carbocycles. The Morgan fingerprint density at radius 2 is 1.83 bits per heavy atom. The Morgan fingerprint density at radius 3 is 2.41 bits per heavy atom. The Bertz CT molecular complexity index is 959. The van der Waals surface area contributed by atoms with Gasteiger partial charge in [0.2, 0.25) is 5.91 Å². The van der Waals surface area contributed by atoms with E-state index < -0.39 is 17.2 Å². The second-order valence-electron chi connectivity index (χ2n) is 6.39. The van der Waals surface area contributed by atoms with Crippen molar-refractivity contribution in [1.82, 2.24) is 14.5 Å². The second-order valence-corrected chi connectivity index (χ2v) is 6.39. The molecule has 0 saturated heterocycles. The zero-order valence-corrected chi connectivity index (χ0v) is 17.2. The number of rotatable bonds is 8. The maximum absolute atomic E-state index is 12.5. The highest BCUT2D eigenvalue weighted by Crippen LogP contribution is 2.30. The Kier molecular flexibility index (Phi) is 6.97. The second kappa shape index (κ2) is 9.22. The molecule has 1 unspecified atom stereocenters. The molecule has 11 heteroatoms. The number of ether oxygens (including phenoxy) is 3. The highest BCUT2D eigenvalue weighted by Gasteiger charge is 2.29. The van der Waals surface area contributed by atoms with E-state index in [1.807, 2.05) is 0 Å². The maximum Gasteiger partial charge on any atom is 0.332 e. The SMILES string of the molecule is COC1=CC(C(=O)NCCNc2c(N)n(C)c(=O)n(C)c2=O)CC(OC)=C1OC. The highest BCUT2D eigenvalue weighted by atomic mass is 16.5. The van der Waals surface area contributed by atoms with Crippen molar-refractivity contribution in [3.8, 4) is 0 Å². The van der Waals surface area contributed by atoms with Gasteiger partial charge in [0, 0.05) is 33.6 Å². The summed E-state index contributed by atoms with van der Waals surface area (Å²) in [5.41, 5.74) is 4.91. The fourth-order valence-corrected chi connectivity index (χ4v) is 3.00. The zero-order chi connectivity index (χ0) is 21.7. The first-order chi connectivity index (χ1) is 13.8. The number of nitrogen functional groups attached to an aromatic ring is 1. The lowest BCUT2D eigenvalue weighted by Crippen LogP contribution is -2.40. The van der Waals surface area contributed by atoms with E-state index in [9.17, 15) is 14.4 Å². The normalized spacial score (nSPS) is 16.2. The lowest BCUT2D eigenvalue weighted by Gasteiger charge is -2.24. The van der Waals surface area contributed by atoms with E-state index in [1.165, 1.54) is 40.0 Å². The van der Waals surface area contributed by atoms with E-state index in [1.54, 1.807) is 6.08 Å².